The first kappa shape index (κ1) is 20.1. The van der Waals surface area contributed by atoms with Crippen LogP contribution in [-0.4, -0.2) is 9.38 Å². The minimum absolute atomic E-state index is 0.0569. The van der Waals surface area contributed by atoms with Crippen LogP contribution in [0, 0.1) is 0 Å². The molecule has 3 heteroatoms. The van der Waals surface area contributed by atoms with E-state index in [1.165, 1.54) is 0 Å². The van der Waals surface area contributed by atoms with Crippen LogP contribution in [-0.2, 0) is 0 Å². The van der Waals surface area contributed by atoms with Crippen LogP contribution in [0.5, 0.6) is 0 Å². The van der Waals surface area contributed by atoms with Crippen LogP contribution in [0.4, 0.5) is 0 Å². The van der Waals surface area contributed by atoms with Crippen molar-refractivity contribution < 1.29 is 0 Å². The lowest BCUT2D eigenvalue weighted by atomic mass is 9.98. The molecule has 0 spiro atoms. The molecule has 0 bridgehead atoms. The van der Waals surface area contributed by atoms with Gasteiger partial charge in [-0.3, -0.25) is 9.20 Å². The second-order valence-electron chi connectivity index (χ2n) is 8.42. The molecule has 0 atom stereocenters. The van der Waals surface area contributed by atoms with E-state index in [2.05, 4.69) is 36.9 Å². The Labute approximate surface area is 197 Å². The van der Waals surface area contributed by atoms with Crippen LogP contribution in [0.1, 0.15) is 12.5 Å². The Balaban J connectivity index is 1.83. The van der Waals surface area contributed by atoms with Gasteiger partial charge < -0.3 is 0 Å². The van der Waals surface area contributed by atoms with E-state index in [0.717, 1.165) is 49.5 Å². The van der Waals surface area contributed by atoms with Crippen LogP contribution in [0.2, 0.25) is 0 Å². The highest BCUT2D eigenvalue weighted by Crippen LogP contribution is 2.36. The van der Waals surface area contributed by atoms with Crippen LogP contribution in [0.15, 0.2) is 115 Å². The van der Waals surface area contributed by atoms with Crippen molar-refractivity contribution in [3.05, 3.63) is 126 Å². The Hall–Kier alpha value is -4.50. The number of nitrogens with zero attached hydrogens (tertiary/aromatic N) is 2. The van der Waals surface area contributed by atoms with Gasteiger partial charge in [0.1, 0.15) is 5.65 Å². The van der Waals surface area contributed by atoms with Gasteiger partial charge in [-0.25, -0.2) is 4.98 Å². The normalized spacial score (nSPS) is 12.3. The first-order chi connectivity index (χ1) is 16.7. The molecule has 0 aliphatic carbocycles. The third-order valence-corrected chi connectivity index (χ3v) is 6.42. The molecule has 34 heavy (non-hydrogen) atoms. The zero-order valence-corrected chi connectivity index (χ0v) is 18.8. The van der Waals surface area contributed by atoms with Crippen LogP contribution in [0.25, 0.3) is 54.9 Å². The van der Waals surface area contributed by atoms with E-state index in [-0.39, 0.29) is 5.56 Å². The Morgan fingerprint density at radius 1 is 0.882 bits per heavy atom. The zero-order chi connectivity index (χ0) is 23.2. The zero-order valence-electron chi connectivity index (χ0n) is 18.8. The van der Waals surface area contributed by atoms with Gasteiger partial charge >= 0.3 is 0 Å². The molecule has 0 saturated carbocycles. The van der Waals surface area contributed by atoms with E-state index in [0.29, 0.717) is 11.0 Å². The summed E-state index contributed by atoms with van der Waals surface area (Å²) in [6.45, 7) is 6.29. The minimum atomic E-state index is -0.0569. The summed E-state index contributed by atoms with van der Waals surface area (Å²) < 4.78 is 1.78. The summed E-state index contributed by atoms with van der Waals surface area (Å²) in [4.78, 5) is 19.0. The Morgan fingerprint density at radius 3 is 2.41 bits per heavy atom. The summed E-state index contributed by atoms with van der Waals surface area (Å²) in [6.07, 6.45) is 7.87. The van der Waals surface area contributed by atoms with Crippen LogP contribution >= 0.6 is 0 Å². The van der Waals surface area contributed by atoms with Gasteiger partial charge in [-0.05, 0) is 29.5 Å². The number of hydrogen-bond donors (Lipinski definition) is 0. The molecule has 0 amide bonds. The maximum Gasteiger partial charge on any atom is 0.264 e. The lowest BCUT2D eigenvalue weighted by molar-refractivity contribution is 1.19. The molecule has 0 saturated heterocycles. The van der Waals surface area contributed by atoms with Crippen molar-refractivity contribution in [1.82, 2.24) is 9.38 Å². The van der Waals surface area contributed by atoms with E-state index in [1.54, 1.807) is 4.40 Å². The fourth-order valence-corrected chi connectivity index (χ4v) is 4.87. The first-order valence-corrected chi connectivity index (χ1v) is 11.4. The van der Waals surface area contributed by atoms with Crippen molar-refractivity contribution in [3.8, 4) is 11.1 Å². The summed E-state index contributed by atoms with van der Waals surface area (Å²) >= 11 is 0. The van der Waals surface area contributed by atoms with Crippen molar-refractivity contribution in [2.24, 2.45) is 0 Å². The maximum atomic E-state index is 13.9. The van der Waals surface area contributed by atoms with E-state index in [4.69, 9.17) is 4.98 Å². The molecule has 0 fully saturated rings. The number of pyridine rings is 1. The second kappa shape index (κ2) is 7.82. The van der Waals surface area contributed by atoms with Crippen molar-refractivity contribution in [2.45, 2.75) is 6.92 Å². The van der Waals surface area contributed by atoms with Crippen LogP contribution < -0.4 is 5.56 Å². The Morgan fingerprint density at radius 2 is 1.65 bits per heavy atom. The summed E-state index contributed by atoms with van der Waals surface area (Å²) in [5.74, 6) is 0. The van der Waals surface area contributed by atoms with Crippen molar-refractivity contribution >= 4 is 43.8 Å². The highest BCUT2D eigenvalue weighted by atomic mass is 16.1. The lowest BCUT2D eigenvalue weighted by Crippen LogP contribution is -2.13. The van der Waals surface area contributed by atoms with Crippen molar-refractivity contribution in [2.75, 3.05) is 0 Å². The fourth-order valence-electron chi connectivity index (χ4n) is 4.87. The van der Waals surface area contributed by atoms with Crippen molar-refractivity contribution in [3.63, 3.8) is 0 Å². The largest absolute Gasteiger partial charge is 0.268 e. The smallest absolute Gasteiger partial charge is 0.264 e. The predicted molar refractivity (Wildman–Crippen MR) is 144 cm³/mol. The average Bonchev–Trinajstić information content (AvgIpc) is 3.28. The van der Waals surface area contributed by atoms with Gasteiger partial charge in [-0.15, -0.1) is 0 Å². The molecule has 0 unspecified atom stereocenters. The number of rotatable bonds is 4. The molecule has 6 aromatic rings. The number of fused-ring (bicyclic) bond motifs is 4. The van der Waals surface area contributed by atoms with E-state index < -0.39 is 0 Å². The standard InChI is InChI=1S/C31H22N2O/c1-3-4-6-11-20(2)23-18-19-24(21-12-7-5-8-13-21)28-29(23)33-30(32-28)25-16-9-14-22-15-10-17-26(27(22)25)31(33)34/h3-19H,2H2,1H3/b4-3-,11-6-. The molecule has 6 rings (SSSR count). The SMILES string of the molecule is C=C(/C=C\C=C/C)c1ccc(-c2ccccc2)c2nc3c4cccc5cccc(c(=O)n3c12)c54. The Bertz CT molecular complexity index is 1830. The summed E-state index contributed by atoms with van der Waals surface area (Å²) in [5, 5.41) is 3.69. The Kier molecular flexibility index (Phi) is 4.63. The molecule has 0 aliphatic rings. The maximum absolute atomic E-state index is 13.9. The monoisotopic (exact) mass is 438 g/mol. The lowest BCUT2D eigenvalue weighted by Gasteiger charge is -2.10. The molecule has 4 aromatic carbocycles. The van der Waals surface area contributed by atoms with E-state index >= 15 is 0 Å². The molecule has 2 aromatic heterocycles. The summed E-state index contributed by atoms with van der Waals surface area (Å²) in [7, 11) is 0. The molecule has 3 nitrogen and oxygen atoms in total. The van der Waals surface area contributed by atoms with Gasteiger partial charge in [0, 0.05) is 27.3 Å². The van der Waals surface area contributed by atoms with Gasteiger partial charge in [-0.1, -0.05) is 104 Å². The minimum Gasteiger partial charge on any atom is -0.268 e. The molecule has 0 N–H and O–H groups in total. The highest BCUT2D eigenvalue weighted by molar-refractivity contribution is 6.16. The topological polar surface area (TPSA) is 34.4 Å². The summed E-state index contributed by atoms with van der Waals surface area (Å²) in [5.41, 5.74) is 6.01. The van der Waals surface area contributed by atoms with Crippen molar-refractivity contribution in [1.29, 1.82) is 0 Å². The first-order valence-electron chi connectivity index (χ1n) is 11.4. The van der Waals surface area contributed by atoms with Crippen LogP contribution in [0.3, 0.4) is 0 Å². The number of imidazole rings is 1. The van der Waals surface area contributed by atoms with Gasteiger partial charge in [0.05, 0.1) is 11.0 Å². The van der Waals surface area contributed by atoms with Gasteiger partial charge in [0.15, 0.2) is 0 Å². The number of hydrogen-bond acceptors (Lipinski definition) is 2. The summed E-state index contributed by atoms with van der Waals surface area (Å²) in [6, 6.07) is 26.3. The molecule has 0 radical (unpaired) electrons. The van der Waals surface area contributed by atoms with Gasteiger partial charge in [-0.2, -0.15) is 0 Å². The third-order valence-electron chi connectivity index (χ3n) is 6.42. The number of aromatic nitrogens is 2. The second-order valence-corrected chi connectivity index (χ2v) is 8.42. The van der Waals surface area contributed by atoms with E-state index in [1.807, 2.05) is 79.8 Å². The van der Waals surface area contributed by atoms with E-state index in [9.17, 15) is 4.79 Å². The third kappa shape index (κ3) is 2.91. The highest BCUT2D eigenvalue weighted by Gasteiger charge is 2.20. The average molecular weight is 439 g/mol. The quantitative estimate of drug-likeness (QED) is 0.269. The number of allylic oxidation sites excluding steroid dienone is 5. The fraction of sp³-hybridized carbons (Fsp3) is 0.0323. The predicted octanol–water partition coefficient (Wildman–Crippen LogP) is 7.40. The molecule has 2 heterocycles. The number of benzene rings is 4. The molecule has 0 aliphatic heterocycles. The molecular formula is C31H22N2O. The molecule has 162 valence electrons. The van der Waals surface area contributed by atoms with Gasteiger partial charge in [0.2, 0.25) is 0 Å². The molecular weight excluding hydrogens is 416 g/mol. The van der Waals surface area contributed by atoms with Gasteiger partial charge in [0.25, 0.3) is 5.56 Å².